The Kier molecular flexibility index (Phi) is 47.8. The Bertz CT molecular complexity index is 424. The zero-order valence-corrected chi connectivity index (χ0v) is 33.6. The van der Waals surface area contributed by atoms with Gasteiger partial charge in [-0.25, -0.2) is 11.9 Å². The summed E-state index contributed by atoms with van der Waals surface area (Å²) in [5.74, 6) is 0. The van der Waals surface area contributed by atoms with Crippen LogP contribution in [-0.4, -0.2) is 64.3 Å². The van der Waals surface area contributed by atoms with E-state index in [1.807, 2.05) is 0 Å². The van der Waals surface area contributed by atoms with E-state index >= 15 is 0 Å². The first-order valence-corrected chi connectivity index (χ1v) is 19.2. The Morgan fingerprint density at radius 2 is 0.442 bits per heavy atom. The predicted molar refractivity (Wildman–Crippen MR) is 192 cm³/mol. The number of rotatable bonds is 30. The molecule has 5 heteroatoms. The Balaban J connectivity index is -0.000000327. The van der Waals surface area contributed by atoms with Gasteiger partial charge in [-0.05, 0) is 25.7 Å². The minimum absolute atomic E-state index is 0. The zero-order valence-electron chi connectivity index (χ0n) is 31.3. The van der Waals surface area contributed by atoms with Crippen LogP contribution in [0.4, 0.5) is 0 Å². The molecule has 266 valence electrons. The smallest absolute Gasteiger partial charge is 0.0780 e. The van der Waals surface area contributed by atoms with E-state index in [1.165, 1.54) is 193 Å². The van der Waals surface area contributed by atoms with E-state index in [9.17, 15) is 0 Å². The Labute approximate surface area is 290 Å². The summed E-state index contributed by atoms with van der Waals surface area (Å²) in [6, 6.07) is 0. The molecule has 0 saturated carbocycles. The van der Waals surface area contributed by atoms with Crippen molar-refractivity contribution in [2.45, 2.75) is 194 Å². The van der Waals surface area contributed by atoms with Crippen LogP contribution >= 0.6 is 11.9 Å². The van der Waals surface area contributed by atoms with Crippen LogP contribution in [0.15, 0.2) is 0 Å². The molecule has 0 aromatic heterocycles. The molecule has 0 bridgehead atoms. The molecule has 0 heterocycles. The number of quaternary nitrogens is 2. The molecule has 3 nitrogen and oxygen atoms in total. The van der Waals surface area contributed by atoms with Crippen LogP contribution in [0.2, 0.25) is 0 Å². The van der Waals surface area contributed by atoms with Crippen LogP contribution < -0.4 is 21.6 Å². The van der Waals surface area contributed by atoms with Crippen LogP contribution in [0.1, 0.15) is 194 Å². The van der Waals surface area contributed by atoms with Gasteiger partial charge in [0.25, 0.3) is 0 Å². The lowest BCUT2D eigenvalue weighted by Gasteiger charge is -2.23. The van der Waals surface area contributed by atoms with Gasteiger partial charge in [0.2, 0.25) is 0 Å². The van der Waals surface area contributed by atoms with Gasteiger partial charge in [0.05, 0.1) is 55.4 Å². The highest BCUT2D eigenvalue weighted by Crippen LogP contribution is 2.14. The van der Waals surface area contributed by atoms with Crippen molar-refractivity contribution >= 4 is 11.9 Å². The minimum atomic E-state index is 0. The van der Waals surface area contributed by atoms with Crippen LogP contribution in [0, 0.1) is 0 Å². The van der Waals surface area contributed by atoms with Crippen molar-refractivity contribution < 1.29 is 30.6 Å². The SMILES string of the molecule is CCCCCCCCCCCCCCCC[N+](C)(C)C.CCCCCCCCCCCCCCCC[N+](C)(C)C.[Br-].[O-]Cl. The molecule has 0 rings (SSSR count). The lowest BCUT2D eigenvalue weighted by molar-refractivity contribution is -0.870. The summed E-state index contributed by atoms with van der Waals surface area (Å²) < 4.78 is 9.97. The molecule has 0 aliphatic carbocycles. The number of hydrogen-bond acceptors (Lipinski definition) is 1. The van der Waals surface area contributed by atoms with Gasteiger partial charge < -0.3 is 30.6 Å². The second-order valence-electron chi connectivity index (χ2n) is 15.2. The van der Waals surface area contributed by atoms with Gasteiger partial charge in [0.1, 0.15) is 0 Å². The molecule has 0 amide bonds. The van der Waals surface area contributed by atoms with Crippen molar-refractivity contribution in [3.8, 4) is 0 Å². The van der Waals surface area contributed by atoms with Crippen molar-refractivity contribution in [2.75, 3.05) is 55.4 Å². The molecule has 0 fully saturated rings. The van der Waals surface area contributed by atoms with Crippen molar-refractivity contribution in [1.82, 2.24) is 0 Å². The van der Waals surface area contributed by atoms with Gasteiger partial charge in [-0.1, -0.05) is 168 Å². The average Bonchev–Trinajstić information content (AvgIpc) is 2.94. The topological polar surface area (TPSA) is 23.1 Å². The highest BCUT2D eigenvalue weighted by molar-refractivity contribution is 6.02. The first-order valence-electron chi connectivity index (χ1n) is 18.9. The largest absolute Gasteiger partial charge is 1.00 e. The van der Waals surface area contributed by atoms with E-state index in [0.29, 0.717) is 0 Å². The third-order valence-electron chi connectivity index (χ3n) is 8.36. The van der Waals surface area contributed by atoms with Gasteiger partial charge in [-0.15, -0.1) is 0 Å². The maximum atomic E-state index is 7.72. The third-order valence-corrected chi connectivity index (χ3v) is 8.36. The summed E-state index contributed by atoms with van der Waals surface area (Å²) in [4.78, 5) is 0. The molecule has 0 atom stereocenters. The van der Waals surface area contributed by atoms with E-state index in [4.69, 9.17) is 4.66 Å². The molecule has 0 aliphatic heterocycles. The summed E-state index contributed by atoms with van der Waals surface area (Å²) in [5.41, 5.74) is 0. The minimum Gasteiger partial charge on any atom is -1.00 e. The average molecular weight is 700 g/mol. The number of nitrogens with zero attached hydrogens (tertiary/aromatic N) is 2. The van der Waals surface area contributed by atoms with Gasteiger partial charge in [0.15, 0.2) is 0 Å². The molecule has 0 saturated heterocycles. The summed E-state index contributed by atoms with van der Waals surface area (Å²) >= 11 is 3.39. The van der Waals surface area contributed by atoms with Crippen LogP contribution in [0.25, 0.3) is 0 Å². The number of unbranched alkanes of at least 4 members (excludes halogenated alkanes) is 26. The molecule has 0 aromatic rings. The molecule has 0 unspecified atom stereocenters. The standard InChI is InChI=1S/2C19H42N.BrH.ClO/c2*1-5-6-7-8-9-10-11-12-13-14-15-16-17-18-19-20(2,3)4;;1-2/h2*5-19H2,1-4H3;1H;/q2*+1;;-1/p-1. The van der Waals surface area contributed by atoms with E-state index in [2.05, 4.69) is 68.0 Å². The Hall–Kier alpha value is 0.650. The van der Waals surface area contributed by atoms with Crippen LogP contribution in [0.5, 0.6) is 0 Å². The van der Waals surface area contributed by atoms with Crippen molar-refractivity contribution in [3.05, 3.63) is 0 Å². The lowest BCUT2D eigenvalue weighted by atomic mass is 10.0. The fourth-order valence-electron chi connectivity index (χ4n) is 5.56. The lowest BCUT2D eigenvalue weighted by Crippen LogP contribution is -3.00. The van der Waals surface area contributed by atoms with Crippen molar-refractivity contribution in [2.24, 2.45) is 0 Å². The summed E-state index contributed by atoms with van der Waals surface area (Å²) in [5, 5.41) is 0. The number of hydrogen-bond donors (Lipinski definition) is 0. The maximum Gasteiger partial charge on any atom is 0.0780 e. The first kappa shape index (κ1) is 50.5. The van der Waals surface area contributed by atoms with Crippen LogP contribution in [-0.2, 0) is 0 Å². The molecule has 43 heavy (non-hydrogen) atoms. The molecule has 0 radical (unpaired) electrons. The van der Waals surface area contributed by atoms with Crippen molar-refractivity contribution in [1.29, 1.82) is 0 Å². The molecular weight excluding hydrogens is 616 g/mol. The van der Waals surface area contributed by atoms with Gasteiger partial charge in [0, 0.05) is 0 Å². The van der Waals surface area contributed by atoms with Gasteiger partial charge in [-0.2, -0.15) is 0 Å². The number of halogens is 2. The highest BCUT2D eigenvalue weighted by Gasteiger charge is 2.06. The van der Waals surface area contributed by atoms with Crippen molar-refractivity contribution in [3.63, 3.8) is 0 Å². The molecule has 0 aromatic carbocycles. The quantitative estimate of drug-likeness (QED) is 0.0543. The fraction of sp³-hybridized carbons (Fsp3) is 1.00. The summed E-state index contributed by atoms with van der Waals surface area (Å²) in [7, 11) is 13.8. The summed E-state index contributed by atoms with van der Waals surface area (Å²) in [6.45, 7) is 7.25. The van der Waals surface area contributed by atoms with E-state index < -0.39 is 0 Å². The third kappa shape index (κ3) is 58.7. The van der Waals surface area contributed by atoms with Gasteiger partial charge >= 0.3 is 0 Å². The fourth-order valence-corrected chi connectivity index (χ4v) is 5.56. The Morgan fingerprint density at radius 3 is 0.581 bits per heavy atom. The van der Waals surface area contributed by atoms with E-state index in [1.54, 1.807) is 0 Å². The van der Waals surface area contributed by atoms with E-state index in [0.717, 1.165) is 8.97 Å². The zero-order chi connectivity index (χ0) is 32.2. The molecule has 0 N–H and O–H groups in total. The second kappa shape index (κ2) is 40.7. The molecular formula is C38H84BrClN2O. The highest BCUT2D eigenvalue weighted by atomic mass is 79.9. The second-order valence-corrected chi connectivity index (χ2v) is 15.2. The monoisotopic (exact) mass is 699 g/mol. The maximum absolute atomic E-state index is 7.72. The first-order chi connectivity index (χ1) is 20.1. The predicted octanol–water partition coefficient (Wildman–Crippen LogP) is 8.85. The molecule has 0 aliphatic rings. The van der Waals surface area contributed by atoms with E-state index in [-0.39, 0.29) is 17.0 Å². The van der Waals surface area contributed by atoms with Gasteiger partial charge in [-0.3, -0.25) is 0 Å². The summed E-state index contributed by atoms with van der Waals surface area (Å²) in [6.07, 6.45) is 40.7. The molecule has 0 spiro atoms. The van der Waals surface area contributed by atoms with Crippen LogP contribution in [0.3, 0.4) is 0 Å². The Morgan fingerprint density at radius 1 is 0.302 bits per heavy atom. The normalized spacial score (nSPS) is 11.3.